The van der Waals surface area contributed by atoms with Crippen LogP contribution in [-0.4, -0.2) is 63.2 Å². The van der Waals surface area contributed by atoms with Crippen LogP contribution in [0.15, 0.2) is 54.3 Å². The standard InChI is InChI=1S/C29H43FN4O4.C2H6/c1-5-23(14-13-22(2)37-21-28(35)32-17-9-10-18-33(3)4)20-34(25-11-7-6-8-12-25)27-16-15-24(19-26(27)31)29(36)38-30;1-2/h5,13-16,19,25H,1,6-12,17-18,20-21,31H2,2-4H3,(H,32,35);1-2H3/b22-13+,23-14+;. The van der Waals surface area contributed by atoms with E-state index in [-0.39, 0.29) is 24.1 Å². The topological polar surface area (TPSA) is 97.1 Å². The Morgan fingerprint density at radius 3 is 2.45 bits per heavy atom. The van der Waals surface area contributed by atoms with Gasteiger partial charge in [0.15, 0.2) is 6.61 Å². The first-order chi connectivity index (χ1) is 19.2. The number of hydrogen-bond donors (Lipinski definition) is 2. The van der Waals surface area contributed by atoms with E-state index in [1.165, 1.54) is 18.6 Å². The van der Waals surface area contributed by atoms with Crippen molar-refractivity contribution in [2.24, 2.45) is 0 Å². The van der Waals surface area contributed by atoms with Crippen LogP contribution in [0.4, 0.5) is 15.9 Å². The highest BCUT2D eigenvalue weighted by Gasteiger charge is 2.24. The quantitative estimate of drug-likeness (QED) is 0.118. The molecule has 2 rings (SSSR count). The van der Waals surface area contributed by atoms with Crippen LogP contribution in [-0.2, 0) is 14.5 Å². The zero-order valence-electron chi connectivity index (χ0n) is 25.0. The Morgan fingerprint density at radius 2 is 1.85 bits per heavy atom. The number of ether oxygens (including phenoxy) is 1. The molecule has 0 bridgehead atoms. The molecule has 9 heteroatoms. The maximum atomic E-state index is 12.4. The molecule has 0 unspecified atom stereocenters. The highest BCUT2D eigenvalue weighted by atomic mass is 19.3. The van der Waals surface area contributed by atoms with Crippen LogP contribution < -0.4 is 16.0 Å². The van der Waals surface area contributed by atoms with Gasteiger partial charge < -0.3 is 25.6 Å². The van der Waals surface area contributed by atoms with Crippen molar-refractivity contribution >= 4 is 23.3 Å². The molecule has 1 amide bonds. The summed E-state index contributed by atoms with van der Waals surface area (Å²) in [6.45, 7) is 11.9. The van der Waals surface area contributed by atoms with Gasteiger partial charge in [0.25, 0.3) is 5.91 Å². The second-order valence-corrected chi connectivity index (χ2v) is 9.93. The predicted octanol–water partition coefficient (Wildman–Crippen LogP) is 5.97. The SMILES string of the molecule is C=C/C(=C\C=C(/C)OCC(=O)NCCCCN(C)C)CN(c1ccc(C(=O)OF)cc1N)C1CCCCC1.CC. The molecule has 0 radical (unpaired) electrons. The summed E-state index contributed by atoms with van der Waals surface area (Å²) in [6, 6.07) is 4.97. The number of benzene rings is 1. The van der Waals surface area contributed by atoms with Crippen molar-refractivity contribution in [1.29, 1.82) is 0 Å². The number of amides is 1. The fourth-order valence-corrected chi connectivity index (χ4v) is 4.46. The first-order valence-electron chi connectivity index (χ1n) is 14.3. The Morgan fingerprint density at radius 1 is 1.15 bits per heavy atom. The largest absolute Gasteiger partial charge is 0.488 e. The monoisotopic (exact) mass is 560 g/mol. The molecule has 1 aliphatic rings. The average molecular weight is 561 g/mol. The Bertz CT molecular complexity index is 988. The van der Waals surface area contributed by atoms with Gasteiger partial charge in [-0.25, -0.2) is 9.74 Å². The normalized spacial score (nSPS) is 14.2. The van der Waals surface area contributed by atoms with Gasteiger partial charge in [0.1, 0.15) is 0 Å². The van der Waals surface area contributed by atoms with E-state index in [9.17, 15) is 14.1 Å². The summed E-state index contributed by atoms with van der Waals surface area (Å²) in [4.78, 5) is 31.3. The van der Waals surface area contributed by atoms with E-state index in [2.05, 4.69) is 26.6 Å². The number of nitrogens with two attached hydrogens (primary N) is 1. The molecule has 1 aliphatic carbocycles. The number of carbonyl (C=O) groups excluding carboxylic acids is 2. The molecule has 3 N–H and O–H groups in total. The van der Waals surface area contributed by atoms with E-state index in [1.54, 1.807) is 19.1 Å². The van der Waals surface area contributed by atoms with Crippen LogP contribution in [0.1, 0.15) is 76.1 Å². The number of carbonyl (C=O) groups is 2. The van der Waals surface area contributed by atoms with Crippen LogP contribution in [0.2, 0.25) is 0 Å². The van der Waals surface area contributed by atoms with Gasteiger partial charge >= 0.3 is 5.97 Å². The van der Waals surface area contributed by atoms with Gasteiger partial charge in [-0.05, 0) is 83.1 Å². The lowest BCUT2D eigenvalue weighted by atomic mass is 9.93. The fraction of sp³-hybridized carbons (Fsp3) is 0.548. The smallest absolute Gasteiger partial charge is 0.379 e. The summed E-state index contributed by atoms with van der Waals surface area (Å²) in [5.74, 6) is -0.600. The molecule has 1 saturated carbocycles. The van der Waals surface area contributed by atoms with Crippen molar-refractivity contribution in [3.05, 3.63) is 59.9 Å². The van der Waals surface area contributed by atoms with Gasteiger partial charge in [0.05, 0.1) is 22.7 Å². The van der Waals surface area contributed by atoms with E-state index >= 15 is 0 Å². The van der Waals surface area contributed by atoms with E-state index < -0.39 is 5.97 Å². The molecule has 0 saturated heterocycles. The first-order valence-corrected chi connectivity index (χ1v) is 14.3. The molecule has 0 heterocycles. The van der Waals surface area contributed by atoms with Crippen LogP contribution >= 0.6 is 0 Å². The van der Waals surface area contributed by atoms with Crippen LogP contribution in [0.3, 0.4) is 0 Å². The van der Waals surface area contributed by atoms with Gasteiger partial charge in [-0.3, -0.25) is 4.79 Å². The highest BCUT2D eigenvalue weighted by Crippen LogP contribution is 2.32. The summed E-state index contributed by atoms with van der Waals surface area (Å²) >= 11 is 0. The number of nitrogens with zero attached hydrogens (tertiary/aromatic N) is 2. The van der Waals surface area contributed by atoms with Crippen molar-refractivity contribution in [2.45, 2.75) is 71.8 Å². The minimum absolute atomic E-state index is 0.0360. The van der Waals surface area contributed by atoms with Crippen LogP contribution in [0, 0.1) is 0 Å². The molecule has 40 heavy (non-hydrogen) atoms. The minimum Gasteiger partial charge on any atom is -0.488 e. The van der Waals surface area contributed by atoms with Crippen molar-refractivity contribution in [1.82, 2.24) is 10.2 Å². The third kappa shape index (κ3) is 12.7. The first kappa shape index (κ1) is 34.7. The summed E-state index contributed by atoms with van der Waals surface area (Å²) in [5.41, 5.74) is 8.46. The second kappa shape index (κ2) is 19.7. The van der Waals surface area contributed by atoms with Crippen molar-refractivity contribution in [3.8, 4) is 0 Å². The van der Waals surface area contributed by atoms with Crippen molar-refractivity contribution in [3.63, 3.8) is 0 Å². The van der Waals surface area contributed by atoms with Gasteiger partial charge in [-0.15, -0.1) is 0 Å². The average Bonchev–Trinajstić information content (AvgIpc) is 2.97. The van der Waals surface area contributed by atoms with Crippen molar-refractivity contribution < 1.29 is 23.8 Å². The van der Waals surface area contributed by atoms with E-state index in [0.717, 1.165) is 56.3 Å². The van der Waals surface area contributed by atoms with Gasteiger partial charge in [-0.2, -0.15) is 0 Å². The number of rotatable bonds is 15. The van der Waals surface area contributed by atoms with Crippen LogP contribution in [0.5, 0.6) is 0 Å². The summed E-state index contributed by atoms with van der Waals surface area (Å²) in [6.07, 6.45) is 13.0. The van der Waals surface area contributed by atoms with Gasteiger partial charge in [0, 0.05) is 23.7 Å². The van der Waals surface area contributed by atoms with Gasteiger partial charge in [0.2, 0.25) is 0 Å². The number of nitrogen functional groups attached to an aromatic ring is 1. The molecule has 1 aromatic carbocycles. The molecule has 1 aromatic rings. The maximum Gasteiger partial charge on any atom is 0.379 e. The molecule has 1 fully saturated rings. The molecule has 0 aromatic heterocycles. The molecule has 0 aliphatic heterocycles. The molecule has 0 spiro atoms. The second-order valence-electron chi connectivity index (χ2n) is 9.93. The Hall–Kier alpha value is -3.33. The Kier molecular flexibility index (Phi) is 17.1. The molecule has 224 valence electrons. The number of unbranched alkanes of at least 4 members (excludes halogenated alkanes) is 1. The van der Waals surface area contributed by atoms with E-state index in [0.29, 0.717) is 24.5 Å². The number of anilines is 2. The fourth-order valence-electron chi connectivity index (χ4n) is 4.46. The lowest BCUT2D eigenvalue weighted by Crippen LogP contribution is -2.38. The summed E-state index contributed by atoms with van der Waals surface area (Å²) in [7, 11) is 4.06. The van der Waals surface area contributed by atoms with Gasteiger partial charge in [-0.1, -0.05) is 51.8 Å². The van der Waals surface area contributed by atoms with Crippen LogP contribution in [0.25, 0.3) is 0 Å². The molecule has 8 nitrogen and oxygen atoms in total. The summed E-state index contributed by atoms with van der Waals surface area (Å²) in [5, 5.41) is 2.88. The number of halogens is 1. The lowest BCUT2D eigenvalue weighted by molar-refractivity contribution is -0.124. The minimum atomic E-state index is -1.07. The third-order valence-electron chi connectivity index (χ3n) is 6.59. The lowest BCUT2D eigenvalue weighted by Gasteiger charge is -2.37. The highest BCUT2D eigenvalue weighted by molar-refractivity contribution is 5.91. The zero-order valence-corrected chi connectivity index (χ0v) is 25.0. The number of hydrogen-bond acceptors (Lipinski definition) is 7. The molecule has 0 atom stereocenters. The van der Waals surface area contributed by atoms with E-state index in [4.69, 9.17) is 10.5 Å². The zero-order chi connectivity index (χ0) is 29.9. The van der Waals surface area contributed by atoms with Crippen molar-refractivity contribution in [2.75, 3.05) is 51.0 Å². The molecular weight excluding hydrogens is 511 g/mol. The number of allylic oxidation sites excluding steroid dienone is 3. The molecular formula is C31H49FN4O4. The number of nitrogens with one attached hydrogen (secondary N) is 1. The Labute approximate surface area is 240 Å². The third-order valence-corrected chi connectivity index (χ3v) is 6.59. The summed E-state index contributed by atoms with van der Waals surface area (Å²) < 4.78 is 18.0. The maximum absolute atomic E-state index is 12.4. The van der Waals surface area contributed by atoms with E-state index in [1.807, 2.05) is 40.1 Å². The Balaban J connectivity index is 0.00000391. The predicted molar refractivity (Wildman–Crippen MR) is 162 cm³/mol.